The van der Waals surface area contributed by atoms with Crippen LogP contribution < -0.4 is 10.1 Å². The summed E-state index contributed by atoms with van der Waals surface area (Å²) in [5, 5.41) is 3.59. The summed E-state index contributed by atoms with van der Waals surface area (Å²) in [6.45, 7) is 3.59. The van der Waals surface area contributed by atoms with Gasteiger partial charge in [-0.05, 0) is 35.9 Å². The van der Waals surface area contributed by atoms with E-state index < -0.39 is 0 Å². The fraction of sp³-hybridized carbons (Fsp3) is 0.350. The lowest BCUT2D eigenvalue weighted by Crippen LogP contribution is -2.43. The van der Waals surface area contributed by atoms with Crippen LogP contribution in [-0.2, 0) is 4.74 Å². The van der Waals surface area contributed by atoms with Crippen molar-refractivity contribution in [2.45, 2.75) is 6.04 Å². The molecule has 1 aliphatic rings. The Bertz CT molecular complexity index is 730. The molecule has 3 rings (SSSR count). The van der Waals surface area contributed by atoms with Crippen LogP contribution in [0.1, 0.15) is 22.0 Å². The van der Waals surface area contributed by atoms with Crippen molar-refractivity contribution in [3.8, 4) is 5.75 Å². The van der Waals surface area contributed by atoms with Crippen molar-refractivity contribution in [2.75, 3.05) is 40.0 Å². The van der Waals surface area contributed by atoms with Crippen LogP contribution in [0, 0.1) is 0 Å². The van der Waals surface area contributed by atoms with Gasteiger partial charge in [0.15, 0.2) is 0 Å². The summed E-state index contributed by atoms with van der Waals surface area (Å²) >= 11 is 5.98. The predicted molar refractivity (Wildman–Crippen MR) is 102 cm³/mol. The van der Waals surface area contributed by atoms with Crippen LogP contribution in [0.3, 0.4) is 0 Å². The van der Waals surface area contributed by atoms with Crippen molar-refractivity contribution in [3.05, 3.63) is 64.7 Å². The Morgan fingerprint density at radius 3 is 2.62 bits per heavy atom. The van der Waals surface area contributed by atoms with Crippen molar-refractivity contribution in [1.82, 2.24) is 10.2 Å². The molecule has 0 radical (unpaired) electrons. The number of hydrogen-bond donors (Lipinski definition) is 1. The first-order chi connectivity index (χ1) is 12.7. The lowest BCUT2D eigenvalue weighted by molar-refractivity contribution is 0.0162. The van der Waals surface area contributed by atoms with Crippen LogP contribution in [0.15, 0.2) is 48.5 Å². The number of benzene rings is 2. The summed E-state index contributed by atoms with van der Waals surface area (Å²) in [4.78, 5) is 14.8. The topological polar surface area (TPSA) is 50.8 Å². The largest absolute Gasteiger partial charge is 0.497 e. The summed E-state index contributed by atoms with van der Waals surface area (Å²) < 4.78 is 10.7. The number of halogens is 1. The molecule has 1 saturated heterocycles. The highest BCUT2D eigenvalue weighted by Gasteiger charge is 2.23. The lowest BCUT2D eigenvalue weighted by atomic mass is 10.0. The van der Waals surface area contributed by atoms with E-state index in [1.54, 1.807) is 31.4 Å². The lowest BCUT2D eigenvalue weighted by Gasteiger charge is -2.35. The van der Waals surface area contributed by atoms with Gasteiger partial charge in [0.05, 0.1) is 26.4 Å². The number of ether oxygens (including phenoxy) is 2. The number of methoxy groups -OCH3 is 1. The van der Waals surface area contributed by atoms with Gasteiger partial charge in [-0.15, -0.1) is 0 Å². The number of rotatable bonds is 6. The highest BCUT2D eigenvalue weighted by atomic mass is 35.5. The second-order valence-corrected chi connectivity index (χ2v) is 6.59. The van der Waals surface area contributed by atoms with Gasteiger partial charge in [0.25, 0.3) is 5.91 Å². The van der Waals surface area contributed by atoms with Crippen molar-refractivity contribution in [1.29, 1.82) is 0 Å². The van der Waals surface area contributed by atoms with Gasteiger partial charge in [-0.1, -0.05) is 29.8 Å². The van der Waals surface area contributed by atoms with E-state index in [2.05, 4.69) is 10.2 Å². The molecule has 2 aromatic rings. The molecule has 6 heteroatoms. The van der Waals surface area contributed by atoms with E-state index >= 15 is 0 Å². The van der Waals surface area contributed by atoms with Gasteiger partial charge >= 0.3 is 0 Å². The van der Waals surface area contributed by atoms with Crippen LogP contribution in [0.25, 0.3) is 0 Å². The maximum atomic E-state index is 12.5. The van der Waals surface area contributed by atoms with Gasteiger partial charge in [-0.3, -0.25) is 9.69 Å². The maximum Gasteiger partial charge on any atom is 0.251 e. The number of amides is 1. The van der Waals surface area contributed by atoms with Gasteiger partial charge in [0, 0.05) is 30.2 Å². The molecule has 0 bridgehead atoms. The summed E-state index contributed by atoms with van der Waals surface area (Å²) in [6.07, 6.45) is 0. The maximum absolute atomic E-state index is 12.5. The van der Waals surface area contributed by atoms with Gasteiger partial charge < -0.3 is 14.8 Å². The highest BCUT2D eigenvalue weighted by molar-refractivity contribution is 6.30. The molecule has 1 heterocycles. The first kappa shape index (κ1) is 18.7. The number of nitrogens with one attached hydrogen (secondary N) is 1. The average Bonchev–Trinajstić information content (AvgIpc) is 2.69. The van der Waals surface area contributed by atoms with Crippen LogP contribution >= 0.6 is 11.6 Å². The zero-order chi connectivity index (χ0) is 18.4. The number of carbonyl (C=O) groups excluding carboxylic acids is 1. The first-order valence-corrected chi connectivity index (χ1v) is 9.04. The Kier molecular flexibility index (Phi) is 6.50. The molecular formula is C20H23ClN2O3. The second kappa shape index (κ2) is 9.03. The Labute approximate surface area is 158 Å². The van der Waals surface area contributed by atoms with Gasteiger partial charge in [-0.2, -0.15) is 0 Å². The fourth-order valence-electron chi connectivity index (χ4n) is 3.09. The van der Waals surface area contributed by atoms with Crippen molar-refractivity contribution in [2.24, 2.45) is 0 Å². The zero-order valence-electron chi connectivity index (χ0n) is 14.8. The van der Waals surface area contributed by atoms with E-state index in [4.69, 9.17) is 21.1 Å². The molecule has 0 saturated carbocycles. The molecule has 2 aromatic carbocycles. The third kappa shape index (κ3) is 4.75. The summed E-state index contributed by atoms with van der Waals surface area (Å²) in [5.41, 5.74) is 1.70. The Morgan fingerprint density at radius 2 is 1.96 bits per heavy atom. The molecular weight excluding hydrogens is 352 g/mol. The van der Waals surface area contributed by atoms with E-state index in [0.717, 1.165) is 24.4 Å². The minimum Gasteiger partial charge on any atom is -0.497 e. The molecule has 0 spiro atoms. The van der Waals surface area contributed by atoms with E-state index in [1.165, 1.54) is 0 Å². The molecule has 138 valence electrons. The molecule has 0 unspecified atom stereocenters. The summed E-state index contributed by atoms with van der Waals surface area (Å²) in [6, 6.07) is 15.0. The van der Waals surface area contributed by atoms with Crippen LogP contribution in [0.2, 0.25) is 5.02 Å². The van der Waals surface area contributed by atoms with E-state index in [0.29, 0.717) is 30.3 Å². The monoisotopic (exact) mass is 374 g/mol. The molecule has 5 nitrogen and oxygen atoms in total. The third-order valence-corrected chi connectivity index (χ3v) is 4.76. The summed E-state index contributed by atoms with van der Waals surface area (Å²) in [5.74, 6) is 0.691. The molecule has 26 heavy (non-hydrogen) atoms. The Hall–Kier alpha value is -2.08. The third-order valence-electron chi connectivity index (χ3n) is 4.53. The standard InChI is InChI=1S/C20H23ClN2O3/c1-25-18-7-5-15(6-8-18)19(23-9-11-26-12-10-23)14-22-20(24)16-3-2-4-17(21)13-16/h2-8,13,19H,9-12,14H2,1H3,(H,22,24)/t19-/m0/s1. The molecule has 1 atom stereocenters. The van der Waals surface area contributed by atoms with Crippen molar-refractivity contribution < 1.29 is 14.3 Å². The normalized spacial score (nSPS) is 16.1. The zero-order valence-corrected chi connectivity index (χ0v) is 15.5. The average molecular weight is 375 g/mol. The predicted octanol–water partition coefficient (Wildman–Crippen LogP) is 3.15. The van der Waals surface area contributed by atoms with Crippen molar-refractivity contribution >= 4 is 17.5 Å². The molecule has 0 aliphatic carbocycles. The number of morpholine rings is 1. The molecule has 1 aliphatic heterocycles. The minimum absolute atomic E-state index is 0.0768. The van der Waals surface area contributed by atoms with Gasteiger partial charge in [0.1, 0.15) is 5.75 Å². The fourth-order valence-corrected chi connectivity index (χ4v) is 3.28. The number of carbonyl (C=O) groups is 1. The summed E-state index contributed by atoms with van der Waals surface area (Å²) in [7, 11) is 1.65. The van der Waals surface area contributed by atoms with E-state index in [9.17, 15) is 4.79 Å². The van der Waals surface area contributed by atoms with E-state index in [1.807, 2.05) is 24.3 Å². The molecule has 0 aromatic heterocycles. The van der Waals surface area contributed by atoms with Crippen molar-refractivity contribution in [3.63, 3.8) is 0 Å². The van der Waals surface area contributed by atoms with Gasteiger partial charge in [0.2, 0.25) is 0 Å². The van der Waals surface area contributed by atoms with E-state index in [-0.39, 0.29) is 11.9 Å². The molecule has 1 fully saturated rings. The highest BCUT2D eigenvalue weighted by Crippen LogP contribution is 2.24. The smallest absolute Gasteiger partial charge is 0.251 e. The Morgan fingerprint density at radius 1 is 1.23 bits per heavy atom. The SMILES string of the molecule is COc1ccc([C@H](CNC(=O)c2cccc(Cl)c2)N2CCOCC2)cc1. The van der Waals surface area contributed by atoms with Crippen LogP contribution in [-0.4, -0.2) is 50.8 Å². The molecule has 1 amide bonds. The quantitative estimate of drug-likeness (QED) is 0.843. The number of hydrogen-bond acceptors (Lipinski definition) is 4. The van der Waals surface area contributed by atoms with Crippen LogP contribution in [0.5, 0.6) is 5.75 Å². The Balaban J connectivity index is 1.73. The second-order valence-electron chi connectivity index (χ2n) is 6.16. The first-order valence-electron chi connectivity index (χ1n) is 8.67. The molecule has 1 N–H and O–H groups in total. The minimum atomic E-state index is -0.126. The van der Waals surface area contributed by atoms with Gasteiger partial charge in [-0.25, -0.2) is 0 Å². The van der Waals surface area contributed by atoms with Crippen LogP contribution in [0.4, 0.5) is 0 Å². The number of nitrogens with zero attached hydrogens (tertiary/aromatic N) is 1.